The molecular formula is C10H11ClO. The highest BCUT2D eigenvalue weighted by Crippen LogP contribution is 2.18. The first-order valence-corrected chi connectivity index (χ1v) is 4.36. The Hall–Kier alpha value is -0.820. The molecule has 1 rings (SSSR count). The summed E-state index contributed by atoms with van der Waals surface area (Å²) in [6, 6.07) is 7.40. The molecule has 0 aliphatic carbocycles. The van der Waals surface area contributed by atoms with E-state index >= 15 is 0 Å². The smallest absolute Gasteiger partial charge is 0.127 e. The number of rotatable bonds is 3. The zero-order valence-electron chi connectivity index (χ0n) is 6.96. The summed E-state index contributed by atoms with van der Waals surface area (Å²) in [5.41, 5.74) is 1.04. The van der Waals surface area contributed by atoms with Gasteiger partial charge in [0.2, 0.25) is 0 Å². The lowest BCUT2D eigenvalue weighted by Gasteiger charge is -2.06. The minimum Gasteiger partial charge on any atom is -0.303 e. The van der Waals surface area contributed by atoms with Gasteiger partial charge in [0, 0.05) is 10.9 Å². The van der Waals surface area contributed by atoms with E-state index in [9.17, 15) is 4.79 Å². The molecule has 0 aromatic heterocycles. The Labute approximate surface area is 77.4 Å². The van der Waals surface area contributed by atoms with Crippen LogP contribution in [0.4, 0.5) is 0 Å². The quantitative estimate of drug-likeness (QED) is 0.657. The summed E-state index contributed by atoms with van der Waals surface area (Å²) >= 11 is 5.71. The molecule has 0 saturated heterocycles. The first-order valence-electron chi connectivity index (χ1n) is 3.98. The summed E-state index contributed by atoms with van der Waals surface area (Å²) < 4.78 is 0. The van der Waals surface area contributed by atoms with E-state index in [2.05, 4.69) is 0 Å². The molecule has 1 atom stereocenters. The fraction of sp³-hybridized carbons (Fsp3) is 0.300. The topological polar surface area (TPSA) is 17.1 Å². The van der Waals surface area contributed by atoms with Crippen molar-refractivity contribution in [1.29, 1.82) is 0 Å². The number of hydrogen-bond acceptors (Lipinski definition) is 1. The fourth-order valence-electron chi connectivity index (χ4n) is 1.12. The molecule has 64 valence electrons. The normalized spacial score (nSPS) is 12.5. The lowest BCUT2D eigenvalue weighted by Crippen LogP contribution is -1.97. The van der Waals surface area contributed by atoms with Crippen LogP contribution in [0.2, 0.25) is 5.02 Å². The number of carbonyl (C=O) groups excluding carboxylic acids is 1. The summed E-state index contributed by atoms with van der Waals surface area (Å²) in [6.45, 7) is 1.99. The van der Waals surface area contributed by atoms with Crippen LogP contribution >= 0.6 is 11.6 Å². The highest BCUT2D eigenvalue weighted by atomic mass is 35.5. The summed E-state index contributed by atoms with van der Waals surface area (Å²) in [4.78, 5) is 10.6. The van der Waals surface area contributed by atoms with Crippen molar-refractivity contribution in [3.63, 3.8) is 0 Å². The minimum absolute atomic E-state index is 0.0160. The Balaban J connectivity index is 2.87. The molecule has 0 radical (unpaired) electrons. The molecule has 1 aromatic carbocycles. The minimum atomic E-state index is 0.0160. The van der Waals surface area contributed by atoms with Crippen molar-refractivity contribution in [2.45, 2.75) is 19.3 Å². The standard InChI is InChI=1S/C10H11ClO/c1-2-8(7-12)9-3-5-10(11)6-4-9/h3-8H,2H2,1H3/t8-/m1/s1. The van der Waals surface area contributed by atoms with E-state index < -0.39 is 0 Å². The lowest BCUT2D eigenvalue weighted by atomic mass is 9.98. The van der Waals surface area contributed by atoms with Crippen molar-refractivity contribution in [3.8, 4) is 0 Å². The molecule has 12 heavy (non-hydrogen) atoms. The largest absolute Gasteiger partial charge is 0.303 e. The monoisotopic (exact) mass is 182 g/mol. The second-order valence-electron chi connectivity index (χ2n) is 2.70. The van der Waals surface area contributed by atoms with E-state index in [-0.39, 0.29) is 5.92 Å². The molecule has 0 spiro atoms. The summed E-state index contributed by atoms with van der Waals surface area (Å²) in [5.74, 6) is 0.0160. The SMILES string of the molecule is CC[C@H](C=O)c1ccc(Cl)cc1. The van der Waals surface area contributed by atoms with Crippen LogP contribution in [0.5, 0.6) is 0 Å². The molecule has 0 unspecified atom stereocenters. The molecule has 0 amide bonds. The second kappa shape index (κ2) is 4.27. The molecule has 0 aliphatic heterocycles. The molecular weight excluding hydrogens is 172 g/mol. The number of benzene rings is 1. The van der Waals surface area contributed by atoms with E-state index in [1.807, 2.05) is 31.2 Å². The van der Waals surface area contributed by atoms with Crippen molar-refractivity contribution < 1.29 is 4.79 Å². The van der Waals surface area contributed by atoms with Crippen molar-refractivity contribution in [1.82, 2.24) is 0 Å². The Kier molecular flexibility index (Phi) is 3.30. The van der Waals surface area contributed by atoms with Crippen LogP contribution < -0.4 is 0 Å². The Morgan fingerprint density at radius 2 is 2.00 bits per heavy atom. The van der Waals surface area contributed by atoms with Gasteiger partial charge in [-0.15, -0.1) is 0 Å². The lowest BCUT2D eigenvalue weighted by molar-refractivity contribution is -0.109. The third-order valence-electron chi connectivity index (χ3n) is 1.90. The summed E-state index contributed by atoms with van der Waals surface area (Å²) in [5, 5.41) is 0.708. The molecule has 0 N–H and O–H groups in total. The van der Waals surface area contributed by atoms with Crippen molar-refractivity contribution in [2.24, 2.45) is 0 Å². The van der Waals surface area contributed by atoms with Gasteiger partial charge in [0.25, 0.3) is 0 Å². The van der Waals surface area contributed by atoms with Crippen LogP contribution in [-0.2, 0) is 4.79 Å². The van der Waals surface area contributed by atoms with Crippen LogP contribution in [-0.4, -0.2) is 6.29 Å². The Morgan fingerprint density at radius 1 is 1.42 bits per heavy atom. The molecule has 1 aromatic rings. The van der Waals surface area contributed by atoms with Gasteiger partial charge in [0.15, 0.2) is 0 Å². The van der Waals surface area contributed by atoms with Crippen LogP contribution in [0.15, 0.2) is 24.3 Å². The molecule has 1 nitrogen and oxygen atoms in total. The van der Waals surface area contributed by atoms with E-state index in [1.165, 1.54) is 0 Å². The predicted octanol–water partition coefficient (Wildman–Crippen LogP) is 3.03. The zero-order valence-corrected chi connectivity index (χ0v) is 7.71. The Bertz CT molecular complexity index is 253. The van der Waals surface area contributed by atoms with Gasteiger partial charge in [-0.2, -0.15) is 0 Å². The average Bonchev–Trinajstić information content (AvgIpc) is 2.10. The van der Waals surface area contributed by atoms with Crippen molar-refractivity contribution >= 4 is 17.9 Å². The number of halogens is 1. The third-order valence-corrected chi connectivity index (χ3v) is 2.15. The highest BCUT2D eigenvalue weighted by Gasteiger charge is 2.06. The van der Waals surface area contributed by atoms with Crippen molar-refractivity contribution in [3.05, 3.63) is 34.9 Å². The van der Waals surface area contributed by atoms with Crippen molar-refractivity contribution in [2.75, 3.05) is 0 Å². The van der Waals surface area contributed by atoms with Gasteiger partial charge in [-0.25, -0.2) is 0 Å². The molecule has 0 heterocycles. The van der Waals surface area contributed by atoms with E-state index in [4.69, 9.17) is 11.6 Å². The molecule has 0 aliphatic rings. The Morgan fingerprint density at radius 3 is 2.42 bits per heavy atom. The van der Waals surface area contributed by atoms with Gasteiger partial charge in [-0.05, 0) is 24.1 Å². The maximum atomic E-state index is 10.6. The molecule has 0 saturated carbocycles. The van der Waals surface area contributed by atoms with Gasteiger partial charge in [-0.3, -0.25) is 0 Å². The maximum Gasteiger partial charge on any atom is 0.127 e. The average molecular weight is 183 g/mol. The van der Waals surface area contributed by atoms with Crippen LogP contribution in [0.3, 0.4) is 0 Å². The predicted molar refractivity (Wildman–Crippen MR) is 50.5 cm³/mol. The van der Waals surface area contributed by atoms with Crippen LogP contribution in [0, 0.1) is 0 Å². The third kappa shape index (κ3) is 2.08. The van der Waals surface area contributed by atoms with Gasteiger partial charge < -0.3 is 4.79 Å². The second-order valence-corrected chi connectivity index (χ2v) is 3.14. The first-order chi connectivity index (χ1) is 5.77. The van der Waals surface area contributed by atoms with Gasteiger partial charge >= 0.3 is 0 Å². The van der Waals surface area contributed by atoms with Crippen LogP contribution in [0.25, 0.3) is 0 Å². The number of aldehydes is 1. The van der Waals surface area contributed by atoms with Gasteiger partial charge in [-0.1, -0.05) is 30.7 Å². The number of carbonyl (C=O) groups is 1. The summed E-state index contributed by atoms with van der Waals surface area (Å²) in [6.07, 6.45) is 1.81. The molecule has 0 fully saturated rings. The van der Waals surface area contributed by atoms with Gasteiger partial charge in [0.05, 0.1) is 0 Å². The summed E-state index contributed by atoms with van der Waals surface area (Å²) in [7, 11) is 0. The first kappa shape index (κ1) is 9.27. The molecule has 2 heteroatoms. The number of hydrogen-bond donors (Lipinski definition) is 0. The van der Waals surface area contributed by atoms with E-state index in [0.29, 0.717) is 5.02 Å². The van der Waals surface area contributed by atoms with E-state index in [1.54, 1.807) is 0 Å². The molecule has 0 bridgehead atoms. The zero-order chi connectivity index (χ0) is 8.97. The van der Waals surface area contributed by atoms with E-state index in [0.717, 1.165) is 18.3 Å². The maximum absolute atomic E-state index is 10.6. The van der Waals surface area contributed by atoms with Gasteiger partial charge in [0.1, 0.15) is 6.29 Å². The highest BCUT2D eigenvalue weighted by molar-refractivity contribution is 6.30. The van der Waals surface area contributed by atoms with Crippen LogP contribution in [0.1, 0.15) is 24.8 Å². The fourth-order valence-corrected chi connectivity index (χ4v) is 1.25.